The molecule has 1 atom stereocenters. The molecule has 0 aromatic rings. The average Bonchev–Trinajstić information content (AvgIpc) is 2.77. The lowest BCUT2D eigenvalue weighted by molar-refractivity contribution is -0.154. The van der Waals surface area contributed by atoms with E-state index < -0.39 is 12.0 Å². The summed E-state index contributed by atoms with van der Waals surface area (Å²) in [5, 5.41) is 9.22. The molecular weight excluding hydrogens is 270 g/mol. The highest BCUT2D eigenvalue weighted by molar-refractivity contribution is 6.04. The minimum absolute atomic E-state index is 0.153. The first-order valence-corrected chi connectivity index (χ1v) is 8.15. The second-order valence-electron chi connectivity index (χ2n) is 5.78. The molecule has 1 aliphatic rings. The molecular formula is C16H27NO4. The Labute approximate surface area is 126 Å². The van der Waals surface area contributed by atoms with Gasteiger partial charge in [0.2, 0.25) is 11.8 Å². The zero-order valence-electron chi connectivity index (χ0n) is 13.0. The second kappa shape index (κ2) is 9.53. The second-order valence-corrected chi connectivity index (χ2v) is 5.78. The van der Waals surface area contributed by atoms with Gasteiger partial charge in [-0.2, -0.15) is 0 Å². The number of carbonyl (C=O) groups excluding carboxylic acids is 2. The SMILES string of the molecule is CCCCCCCCCCC(C(=O)O)N1C(=O)CCC1=O. The Hall–Kier alpha value is -1.39. The van der Waals surface area contributed by atoms with Crippen molar-refractivity contribution in [2.45, 2.75) is 83.6 Å². The van der Waals surface area contributed by atoms with Crippen molar-refractivity contribution in [3.8, 4) is 0 Å². The molecule has 21 heavy (non-hydrogen) atoms. The smallest absolute Gasteiger partial charge is 0.326 e. The number of carboxylic acid groups (broad SMARTS) is 1. The van der Waals surface area contributed by atoms with Crippen LogP contribution in [0.2, 0.25) is 0 Å². The predicted octanol–water partition coefficient (Wildman–Crippen LogP) is 3.12. The summed E-state index contributed by atoms with van der Waals surface area (Å²) in [4.78, 5) is 35.4. The van der Waals surface area contributed by atoms with Crippen molar-refractivity contribution in [3.63, 3.8) is 0 Å². The quantitative estimate of drug-likeness (QED) is 0.469. The van der Waals surface area contributed by atoms with Gasteiger partial charge >= 0.3 is 5.97 Å². The van der Waals surface area contributed by atoms with Crippen molar-refractivity contribution in [3.05, 3.63) is 0 Å². The van der Waals surface area contributed by atoms with Gasteiger partial charge in [-0.3, -0.25) is 14.5 Å². The average molecular weight is 297 g/mol. The van der Waals surface area contributed by atoms with Crippen molar-refractivity contribution in [1.82, 2.24) is 4.90 Å². The fraction of sp³-hybridized carbons (Fsp3) is 0.812. The highest BCUT2D eigenvalue weighted by Crippen LogP contribution is 2.20. The van der Waals surface area contributed by atoms with Crippen LogP contribution in [0.1, 0.15) is 77.6 Å². The number of unbranched alkanes of at least 4 members (excludes halogenated alkanes) is 7. The lowest BCUT2D eigenvalue weighted by atomic mass is 10.0. The van der Waals surface area contributed by atoms with Crippen molar-refractivity contribution in [2.24, 2.45) is 0 Å². The van der Waals surface area contributed by atoms with Gasteiger partial charge in [0.25, 0.3) is 0 Å². The lowest BCUT2D eigenvalue weighted by Crippen LogP contribution is -2.44. The monoisotopic (exact) mass is 297 g/mol. The Kier molecular flexibility index (Phi) is 8.01. The zero-order chi connectivity index (χ0) is 15.7. The molecule has 1 saturated heterocycles. The normalized spacial score (nSPS) is 16.5. The summed E-state index contributed by atoms with van der Waals surface area (Å²) in [5.74, 6) is -1.75. The molecule has 1 unspecified atom stereocenters. The first kappa shape index (κ1) is 17.7. The molecule has 2 amide bonds. The van der Waals surface area contributed by atoms with Gasteiger partial charge in [0.1, 0.15) is 6.04 Å². The predicted molar refractivity (Wildman–Crippen MR) is 79.7 cm³/mol. The van der Waals surface area contributed by atoms with Crippen LogP contribution in [0, 0.1) is 0 Å². The molecule has 0 aromatic carbocycles. The first-order chi connectivity index (χ1) is 10.1. The Morgan fingerprint density at radius 1 is 1.00 bits per heavy atom. The highest BCUT2D eigenvalue weighted by atomic mass is 16.4. The molecule has 1 rings (SSSR count). The van der Waals surface area contributed by atoms with E-state index in [0.29, 0.717) is 6.42 Å². The fourth-order valence-electron chi connectivity index (χ4n) is 2.78. The molecule has 120 valence electrons. The zero-order valence-corrected chi connectivity index (χ0v) is 13.0. The molecule has 1 aliphatic heterocycles. The summed E-state index contributed by atoms with van der Waals surface area (Å²) in [6.07, 6.45) is 9.69. The summed E-state index contributed by atoms with van der Waals surface area (Å²) >= 11 is 0. The number of rotatable bonds is 11. The molecule has 1 N–H and O–H groups in total. The number of amides is 2. The van der Waals surface area contributed by atoms with E-state index in [9.17, 15) is 19.5 Å². The van der Waals surface area contributed by atoms with E-state index in [4.69, 9.17) is 0 Å². The number of hydrogen-bond acceptors (Lipinski definition) is 3. The Bertz CT molecular complexity index is 351. The van der Waals surface area contributed by atoms with E-state index in [1.807, 2.05) is 0 Å². The van der Waals surface area contributed by atoms with Gasteiger partial charge in [0.15, 0.2) is 0 Å². The van der Waals surface area contributed by atoms with Crippen molar-refractivity contribution in [1.29, 1.82) is 0 Å². The number of hydrogen-bond donors (Lipinski definition) is 1. The summed E-state index contributed by atoms with van der Waals surface area (Å²) < 4.78 is 0. The molecule has 0 radical (unpaired) electrons. The molecule has 0 spiro atoms. The molecule has 0 aromatic heterocycles. The van der Waals surface area contributed by atoms with Crippen LogP contribution in [0.25, 0.3) is 0 Å². The molecule has 1 fully saturated rings. The van der Waals surface area contributed by atoms with Gasteiger partial charge < -0.3 is 5.11 Å². The number of likely N-dealkylation sites (tertiary alicyclic amines) is 1. The van der Waals surface area contributed by atoms with Crippen LogP contribution in [-0.2, 0) is 14.4 Å². The molecule has 0 bridgehead atoms. The molecule has 1 heterocycles. The van der Waals surface area contributed by atoms with E-state index in [1.165, 1.54) is 32.1 Å². The van der Waals surface area contributed by atoms with Crippen LogP contribution >= 0.6 is 0 Å². The van der Waals surface area contributed by atoms with Gasteiger partial charge in [-0.1, -0.05) is 58.3 Å². The van der Waals surface area contributed by atoms with Crippen molar-refractivity contribution < 1.29 is 19.5 Å². The number of aliphatic carboxylic acids is 1. The van der Waals surface area contributed by atoms with E-state index in [0.717, 1.165) is 24.2 Å². The topological polar surface area (TPSA) is 74.7 Å². The van der Waals surface area contributed by atoms with Crippen LogP contribution in [0.5, 0.6) is 0 Å². The van der Waals surface area contributed by atoms with E-state index in [1.54, 1.807) is 0 Å². The Morgan fingerprint density at radius 2 is 1.48 bits per heavy atom. The number of nitrogens with zero attached hydrogens (tertiary/aromatic N) is 1. The lowest BCUT2D eigenvalue weighted by Gasteiger charge is -2.22. The van der Waals surface area contributed by atoms with E-state index in [-0.39, 0.29) is 24.7 Å². The standard InChI is InChI=1S/C16H27NO4/c1-2-3-4-5-6-7-8-9-10-13(16(20)21)17-14(18)11-12-15(17)19/h13H,2-12H2,1H3,(H,20,21). The first-order valence-electron chi connectivity index (χ1n) is 8.15. The maximum atomic E-state index is 11.6. The van der Waals surface area contributed by atoms with Crippen LogP contribution in [0.4, 0.5) is 0 Å². The summed E-state index contributed by atoms with van der Waals surface area (Å²) in [5.41, 5.74) is 0. The summed E-state index contributed by atoms with van der Waals surface area (Å²) in [6.45, 7) is 2.19. The minimum Gasteiger partial charge on any atom is -0.480 e. The summed E-state index contributed by atoms with van der Waals surface area (Å²) in [6, 6.07) is -0.965. The molecule has 0 saturated carbocycles. The fourth-order valence-corrected chi connectivity index (χ4v) is 2.78. The maximum Gasteiger partial charge on any atom is 0.326 e. The van der Waals surface area contributed by atoms with Gasteiger partial charge in [0.05, 0.1) is 0 Å². The van der Waals surface area contributed by atoms with Gasteiger partial charge in [0, 0.05) is 12.8 Å². The van der Waals surface area contributed by atoms with Gasteiger partial charge in [-0.05, 0) is 6.42 Å². The minimum atomic E-state index is -1.07. The number of imide groups is 1. The molecule has 5 heteroatoms. The van der Waals surface area contributed by atoms with E-state index >= 15 is 0 Å². The van der Waals surface area contributed by atoms with Gasteiger partial charge in [-0.15, -0.1) is 0 Å². The summed E-state index contributed by atoms with van der Waals surface area (Å²) in [7, 11) is 0. The van der Waals surface area contributed by atoms with Crippen LogP contribution in [0.3, 0.4) is 0 Å². The van der Waals surface area contributed by atoms with E-state index in [2.05, 4.69) is 6.92 Å². The molecule has 0 aliphatic carbocycles. The third-order valence-electron chi connectivity index (χ3n) is 4.02. The van der Waals surface area contributed by atoms with Gasteiger partial charge in [-0.25, -0.2) is 4.79 Å². The third kappa shape index (κ3) is 5.86. The van der Waals surface area contributed by atoms with Crippen molar-refractivity contribution in [2.75, 3.05) is 0 Å². The third-order valence-corrected chi connectivity index (χ3v) is 4.02. The molecule has 5 nitrogen and oxygen atoms in total. The van der Waals surface area contributed by atoms with Crippen LogP contribution in [0.15, 0.2) is 0 Å². The number of carbonyl (C=O) groups is 3. The number of carboxylic acids is 1. The Morgan fingerprint density at radius 3 is 1.95 bits per heavy atom. The van der Waals surface area contributed by atoms with Crippen LogP contribution < -0.4 is 0 Å². The Balaban J connectivity index is 2.25. The van der Waals surface area contributed by atoms with Crippen LogP contribution in [-0.4, -0.2) is 33.8 Å². The van der Waals surface area contributed by atoms with Crippen molar-refractivity contribution >= 4 is 17.8 Å². The highest BCUT2D eigenvalue weighted by Gasteiger charge is 2.38. The largest absolute Gasteiger partial charge is 0.480 e. The maximum absolute atomic E-state index is 11.6.